The van der Waals surface area contributed by atoms with Crippen molar-refractivity contribution in [2.24, 2.45) is 17.8 Å². The molecule has 3 unspecified atom stereocenters. The molecule has 0 saturated carbocycles. The van der Waals surface area contributed by atoms with Crippen LogP contribution in [0.3, 0.4) is 0 Å². The molecule has 1 amide bonds. The van der Waals surface area contributed by atoms with Crippen molar-refractivity contribution in [2.75, 3.05) is 24.6 Å². The van der Waals surface area contributed by atoms with Gasteiger partial charge in [-0.2, -0.15) is 0 Å². The number of benzene rings is 1. The number of nitrogens with zero attached hydrogens (tertiary/aromatic N) is 1. The minimum atomic E-state index is -3.03. The summed E-state index contributed by atoms with van der Waals surface area (Å²) in [7, 11) is -3.03. The van der Waals surface area contributed by atoms with Crippen LogP contribution in [0.15, 0.2) is 24.3 Å². The quantitative estimate of drug-likeness (QED) is 0.853. The Morgan fingerprint density at radius 2 is 1.81 bits per heavy atom. The van der Waals surface area contributed by atoms with E-state index < -0.39 is 15.8 Å². The number of hydrogen-bond donors (Lipinski definition) is 1. The molecule has 1 N–H and O–H groups in total. The summed E-state index contributed by atoms with van der Waals surface area (Å²) in [5, 5.41) is 2.95. The van der Waals surface area contributed by atoms with Crippen molar-refractivity contribution < 1.29 is 13.2 Å². The van der Waals surface area contributed by atoms with E-state index in [0.29, 0.717) is 13.0 Å². The monoisotopic (exact) mass is 378 g/mol. The van der Waals surface area contributed by atoms with Gasteiger partial charge in [-0.05, 0) is 35.8 Å². The first-order valence-electron chi connectivity index (χ1n) is 9.59. The highest BCUT2D eigenvalue weighted by molar-refractivity contribution is 7.91. The van der Waals surface area contributed by atoms with Gasteiger partial charge in [0.15, 0.2) is 9.84 Å². The average Bonchev–Trinajstić information content (AvgIpc) is 2.93. The van der Waals surface area contributed by atoms with Crippen molar-refractivity contribution in [3.05, 3.63) is 35.4 Å². The maximum Gasteiger partial charge on any atom is 0.224 e. The lowest BCUT2D eigenvalue weighted by atomic mass is 9.91. The van der Waals surface area contributed by atoms with Crippen molar-refractivity contribution in [2.45, 2.75) is 39.8 Å². The maximum atomic E-state index is 12.3. The highest BCUT2D eigenvalue weighted by atomic mass is 32.2. The standard InChI is InChI=1S/C20H30N2O3S/c1-15-9-16(2)12-22(11-15)13-18-6-4-3-5-17(18)10-21-20(23)19-7-8-26(24,25)14-19/h3-6,15-16,19H,7-14H2,1-2H3,(H,21,23). The number of nitrogens with one attached hydrogen (secondary N) is 1. The molecule has 0 bridgehead atoms. The molecule has 0 aromatic heterocycles. The smallest absolute Gasteiger partial charge is 0.224 e. The molecule has 2 saturated heterocycles. The van der Waals surface area contributed by atoms with Gasteiger partial charge in [-0.15, -0.1) is 0 Å². The fourth-order valence-electron chi connectivity index (χ4n) is 4.37. The second kappa shape index (κ2) is 8.09. The van der Waals surface area contributed by atoms with E-state index in [9.17, 15) is 13.2 Å². The molecule has 1 aromatic carbocycles. The zero-order chi connectivity index (χ0) is 18.7. The Labute approximate surface area is 157 Å². The molecule has 6 heteroatoms. The summed E-state index contributed by atoms with van der Waals surface area (Å²) in [6, 6.07) is 8.22. The summed E-state index contributed by atoms with van der Waals surface area (Å²) in [4.78, 5) is 14.8. The number of amides is 1. The van der Waals surface area contributed by atoms with Crippen LogP contribution in [-0.2, 0) is 27.7 Å². The van der Waals surface area contributed by atoms with Crippen molar-refractivity contribution in [3.8, 4) is 0 Å². The molecular formula is C20H30N2O3S. The van der Waals surface area contributed by atoms with Crippen LogP contribution in [0.5, 0.6) is 0 Å². The third kappa shape index (κ3) is 5.07. The van der Waals surface area contributed by atoms with Crippen LogP contribution in [0.1, 0.15) is 37.8 Å². The molecule has 2 aliphatic heterocycles. The number of hydrogen-bond acceptors (Lipinski definition) is 4. The van der Waals surface area contributed by atoms with Crippen LogP contribution in [0.4, 0.5) is 0 Å². The van der Waals surface area contributed by atoms with Crippen LogP contribution >= 0.6 is 0 Å². The Morgan fingerprint density at radius 1 is 1.15 bits per heavy atom. The summed E-state index contributed by atoms with van der Waals surface area (Å²) >= 11 is 0. The van der Waals surface area contributed by atoms with Gasteiger partial charge >= 0.3 is 0 Å². The van der Waals surface area contributed by atoms with Crippen LogP contribution < -0.4 is 5.32 Å². The van der Waals surface area contributed by atoms with Gasteiger partial charge in [-0.25, -0.2) is 8.42 Å². The Kier molecular flexibility index (Phi) is 6.03. The Hall–Kier alpha value is -1.40. The fraction of sp³-hybridized carbons (Fsp3) is 0.650. The first-order valence-corrected chi connectivity index (χ1v) is 11.4. The number of carbonyl (C=O) groups excluding carboxylic acids is 1. The summed E-state index contributed by atoms with van der Waals surface area (Å²) in [5.41, 5.74) is 2.36. The number of sulfone groups is 1. The van der Waals surface area contributed by atoms with E-state index in [1.807, 2.05) is 12.1 Å². The molecule has 26 heavy (non-hydrogen) atoms. The molecule has 3 atom stereocenters. The molecule has 0 radical (unpaired) electrons. The number of carbonyl (C=O) groups is 1. The third-order valence-corrected chi connectivity index (χ3v) is 7.28. The van der Waals surface area contributed by atoms with Crippen molar-refractivity contribution in [1.29, 1.82) is 0 Å². The summed E-state index contributed by atoms with van der Waals surface area (Å²) in [6.45, 7) is 8.22. The predicted molar refractivity (Wildman–Crippen MR) is 103 cm³/mol. The second-order valence-electron chi connectivity index (χ2n) is 8.23. The van der Waals surface area contributed by atoms with E-state index in [4.69, 9.17) is 0 Å². The Balaban J connectivity index is 1.59. The zero-order valence-electron chi connectivity index (χ0n) is 15.8. The van der Waals surface area contributed by atoms with Gasteiger partial charge < -0.3 is 5.32 Å². The average molecular weight is 379 g/mol. The van der Waals surface area contributed by atoms with Crippen molar-refractivity contribution in [3.63, 3.8) is 0 Å². The first kappa shape index (κ1) is 19.4. The molecule has 2 heterocycles. The van der Waals surface area contributed by atoms with Crippen LogP contribution in [0, 0.1) is 17.8 Å². The van der Waals surface area contributed by atoms with E-state index in [1.54, 1.807) is 0 Å². The molecule has 0 aliphatic carbocycles. The van der Waals surface area contributed by atoms with E-state index in [0.717, 1.165) is 37.0 Å². The number of rotatable bonds is 5. The van der Waals surface area contributed by atoms with Gasteiger partial charge in [0, 0.05) is 26.2 Å². The van der Waals surface area contributed by atoms with Gasteiger partial charge in [-0.1, -0.05) is 38.1 Å². The van der Waals surface area contributed by atoms with Crippen molar-refractivity contribution in [1.82, 2.24) is 10.2 Å². The van der Waals surface area contributed by atoms with Crippen LogP contribution in [0.25, 0.3) is 0 Å². The minimum absolute atomic E-state index is 0.00989. The molecule has 5 nitrogen and oxygen atoms in total. The predicted octanol–water partition coefficient (Wildman–Crippen LogP) is 2.22. The van der Waals surface area contributed by atoms with E-state index in [2.05, 4.69) is 36.2 Å². The van der Waals surface area contributed by atoms with Gasteiger partial charge in [0.1, 0.15) is 0 Å². The summed E-state index contributed by atoms with van der Waals surface area (Å²) < 4.78 is 23.1. The van der Waals surface area contributed by atoms with Gasteiger partial charge in [0.05, 0.1) is 17.4 Å². The number of piperidine rings is 1. The van der Waals surface area contributed by atoms with E-state index in [-0.39, 0.29) is 17.4 Å². The Morgan fingerprint density at radius 3 is 2.42 bits per heavy atom. The topological polar surface area (TPSA) is 66.5 Å². The Bertz CT molecular complexity index is 737. The van der Waals surface area contributed by atoms with Gasteiger partial charge in [0.25, 0.3) is 0 Å². The number of likely N-dealkylation sites (tertiary alicyclic amines) is 1. The minimum Gasteiger partial charge on any atom is -0.352 e. The van der Waals surface area contributed by atoms with Crippen LogP contribution in [0.2, 0.25) is 0 Å². The van der Waals surface area contributed by atoms with Gasteiger partial charge in [-0.3, -0.25) is 9.69 Å². The molecule has 3 rings (SSSR count). The zero-order valence-corrected chi connectivity index (χ0v) is 16.6. The van der Waals surface area contributed by atoms with Crippen LogP contribution in [-0.4, -0.2) is 43.8 Å². The summed E-state index contributed by atoms with van der Waals surface area (Å²) in [5.74, 6) is 1.03. The fourth-order valence-corrected chi connectivity index (χ4v) is 6.12. The SMILES string of the molecule is CC1CC(C)CN(Cc2ccccc2CNC(=O)C2CCS(=O)(=O)C2)C1. The molecule has 0 spiro atoms. The summed E-state index contributed by atoms with van der Waals surface area (Å²) in [6.07, 6.45) is 1.73. The lowest BCUT2D eigenvalue weighted by Crippen LogP contribution is -2.38. The van der Waals surface area contributed by atoms with E-state index >= 15 is 0 Å². The maximum absolute atomic E-state index is 12.3. The molecule has 2 fully saturated rings. The third-order valence-electron chi connectivity index (χ3n) is 5.51. The first-order chi connectivity index (χ1) is 12.3. The molecular weight excluding hydrogens is 348 g/mol. The highest BCUT2D eigenvalue weighted by Crippen LogP contribution is 2.23. The normalized spacial score (nSPS) is 28.8. The molecule has 144 valence electrons. The lowest BCUT2D eigenvalue weighted by Gasteiger charge is -2.35. The highest BCUT2D eigenvalue weighted by Gasteiger charge is 2.32. The molecule has 1 aromatic rings. The molecule has 2 aliphatic rings. The largest absolute Gasteiger partial charge is 0.352 e. The van der Waals surface area contributed by atoms with Gasteiger partial charge in [0.2, 0.25) is 5.91 Å². The lowest BCUT2D eigenvalue weighted by molar-refractivity contribution is -0.124. The van der Waals surface area contributed by atoms with E-state index in [1.165, 1.54) is 12.0 Å². The second-order valence-corrected chi connectivity index (χ2v) is 10.5. The van der Waals surface area contributed by atoms with Crippen molar-refractivity contribution >= 4 is 15.7 Å².